The Morgan fingerprint density at radius 1 is 1.42 bits per heavy atom. The standard InChI is InChI=1S/C10H15N5O3S/c1-10(2-3-19(17,18)6-10)14-9(16)7-4-13-8(15-11)5-12-7/h4-5H,2-3,6,11H2,1H3,(H,13,15)(H,14,16). The van der Waals surface area contributed by atoms with Crippen molar-refractivity contribution in [2.24, 2.45) is 5.84 Å². The quantitative estimate of drug-likeness (QED) is 0.483. The number of sulfone groups is 1. The fourth-order valence-corrected chi connectivity index (χ4v) is 4.06. The number of aromatic nitrogens is 2. The van der Waals surface area contributed by atoms with E-state index in [-0.39, 0.29) is 17.2 Å². The van der Waals surface area contributed by atoms with Crippen LogP contribution < -0.4 is 16.6 Å². The zero-order valence-corrected chi connectivity index (χ0v) is 11.2. The minimum atomic E-state index is -3.07. The first-order valence-corrected chi connectivity index (χ1v) is 7.47. The Hall–Kier alpha value is -1.74. The highest BCUT2D eigenvalue weighted by Crippen LogP contribution is 2.23. The number of anilines is 1. The maximum atomic E-state index is 12.0. The number of amides is 1. The molecule has 9 heteroatoms. The summed E-state index contributed by atoms with van der Waals surface area (Å²) in [6.45, 7) is 1.71. The topological polar surface area (TPSA) is 127 Å². The number of hydrazine groups is 1. The Bertz CT molecular complexity index is 586. The normalized spacial score (nSPS) is 24.9. The number of carbonyl (C=O) groups is 1. The Balaban J connectivity index is 2.08. The van der Waals surface area contributed by atoms with Crippen LogP contribution in [0.15, 0.2) is 12.4 Å². The summed E-state index contributed by atoms with van der Waals surface area (Å²) in [5, 5.41) is 2.69. The van der Waals surface area contributed by atoms with Gasteiger partial charge in [0.05, 0.1) is 29.4 Å². The second-order valence-electron chi connectivity index (χ2n) is 4.79. The zero-order valence-electron chi connectivity index (χ0n) is 10.4. The number of nitrogens with zero attached hydrogens (tertiary/aromatic N) is 2. The molecule has 1 aromatic heterocycles. The predicted molar refractivity (Wildman–Crippen MR) is 69.0 cm³/mol. The molecule has 19 heavy (non-hydrogen) atoms. The number of rotatable bonds is 3. The summed E-state index contributed by atoms with van der Waals surface area (Å²) < 4.78 is 22.9. The molecule has 8 nitrogen and oxygen atoms in total. The molecule has 4 N–H and O–H groups in total. The van der Waals surface area contributed by atoms with Gasteiger partial charge in [0.25, 0.3) is 5.91 Å². The van der Waals surface area contributed by atoms with Gasteiger partial charge in [0, 0.05) is 0 Å². The molecule has 104 valence electrons. The molecule has 2 heterocycles. The number of nitrogen functional groups attached to an aromatic ring is 1. The molecule has 1 fully saturated rings. The first kappa shape index (κ1) is 13.7. The third-order valence-corrected chi connectivity index (χ3v) is 4.85. The van der Waals surface area contributed by atoms with Gasteiger partial charge in [-0.1, -0.05) is 0 Å². The fourth-order valence-electron chi connectivity index (χ4n) is 1.97. The van der Waals surface area contributed by atoms with Crippen molar-refractivity contribution in [3.05, 3.63) is 18.1 Å². The Morgan fingerprint density at radius 2 is 2.16 bits per heavy atom. The average molecular weight is 285 g/mol. The van der Waals surface area contributed by atoms with E-state index in [0.29, 0.717) is 12.2 Å². The van der Waals surface area contributed by atoms with Gasteiger partial charge in [-0.05, 0) is 13.3 Å². The summed E-state index contributed by atoms with van der Waals surface area (Å²) in [5.41, 5.74) is 1.67. The van der Waals surface area contributed by atoms with Gasteiger partial charge < -0.3 is 10.7 Å². The highest BCUT2D eigenvalue weighted by Gasteiger charge is 2.39. The third-order valence-electron chi connectivity index (χ3n) is 2.95. The maximum Gasteiger partial charge on any atom is 0.271 e. The minimum Gasteiger partial charge on any atom is -0.344 e. The summed E-state index contributed by atoms with van der Waals surface area (Å²) in [6, 6.07) is 0. The number of carbonyl (C=O) groups excluding carboxylic acids is 1. The van der Waals surface area contributed by atoms with Crippen molar-refractivity contribution in [3.8, 4) is 0 Å². The summed E-state index contributed by atoms with van der Waals surface area (Å²) in [7, 11) is -3.07. The van der Waals surface area contributed by atoms with E-state index < -0.39 is 21.3 Å². The first-order chi connectivity index (χ1) is 8.84. The van der Waals surface area contributed by atoms with Crippen LogP contribution in [0.1, 0.15) is 23.8 Å². The van der Waals surface area contributed by atoms with E-state index in [1.165, 1.54) is 12.4 Å². The van der Waals surface area contributed by atoms with Gasteiger partial charge in [-0.15, -0.1) is 0 Å². The maximum absolute atomic E-state index is 12.0. The van der Waals surface area contributed by atoms with Gasteiger partial charge in [-0.2, -0.15) is 0 Å². The number of nitrogens with one attached hydrogen (secondary N) is 2. The Morgan fingerprint density at radius 3 is 2.63 bits per heavy atom. The van der Waals surface area contributed by atoms with E-state index in [9.17, 15) is 13.2 Å². The lowest BCUT2D eigenvalue weighted by molar-refractivity contribution is 0.0910. The van der Waals surface area contributed by atoms with Gasteiger partial charge in [-0.3, -0.25) is 4.79 Å². The van der Waals surface area contributed by atoms with Gasteiger partial charge >= 0.3 is 0 Å². The molecule has 0 aromatic carbocycles. The molecule has 1 aliphatic rings. The molecule has 0 aliphatic carbocycles. The fraction of sp³-hybridized carbons (Fsp3) is 0.500. The smallest absolute Gasteiger partial charge is 0.271 e. The summed E-state index contributed by atoms with van der Waals surface area (Å²) >= 11 is 0. The molecule has 0 spiro atoms. The molecule has 0 saturated carbocycles. The lowest BCUT2D eigenvalue weighted by Gasteiger charge is -2.23. The van der Waals surface area contributed by atoms with Crippen molar-refractivity contribution in [1.82, 2.24) is 15.3 Å². The van der Waals surface area contributed by atoms with Crippen molar-refractivity contribution in [1.29, 1.82) is 0 Å². The van der Waals surface area contributed by atoms with E-state index in [1.807, 2.05) is 0 Å². The van der Waals surface area contributed by atoms with Crippen LogP contribution in [-0.2, 0) is 9.84 Å². The highest BCUT2D eigenvalue weighted by atomic mass is 32.2. The van der Waals surface area contributed by atoms with Crippen LogP contribution in [0.25, 0.3) is 0 Å². The largest absolute Gasteiger partial charge is 0.344 e. The number of nitrogens with two attached hydrogens (primary N) is 1. The average Bonchev–Trinajstić information content (AvgIpc) is 2.63. The summed E-state index contributed by atoms with van der Waals surface area (Å²) in [4.78, 5) is 19.7. The van der Waals surface area contributed by atoms with E-state index in [4.69, 9.17) is 5.84 Å². The van der Waals surface area contributed by atoms with Crippen LogP contribution in [0.3, 0.4) is 0 Å². The lowest BCUT2D eigenvalue weighted by atomic mass is 10.0. The van der Waals surface area contributed by atoms with Crippen molar-refractivity contribution < 1.29 is 13.2 Å². The minimum absolute atomic E-state index is 0.0540. The van der Waals surface area contributed by atoms with Crippen molar-refractivity contribution in [3.63, 3.8) is 0 Å². The van der Waals surface area contributed by atoms with Crippen LogP contribution in [0.2, 0.25) is 0 Å². The molecule has 0 bridgehead atoms. The lowest BCUT2D eigenvalue weighted by Crippen LogP contribution is -2.47. The van der Waals surface area contributed by atoms with Gasteiger partial charge in [-0.25, -0.2) is 24.2 Å². The molecule has 1 aromatic rings. The van der Waals surface area contributed by atoms with E-state index in [2.05, 4.69) is 20.7 Å². The number of hydrogen-bond acceptors (Lipinski definition) is 7. The molecule has 1 unspecified atom stereocenters. The van der Waals surface area contributed by atoms with E-state index >= 15 is 0 Å². The van der Waals surface area contributed by atoms with Gasteiger partial charge in [0.2, 0.25) is 0 Å². The zero-order chi connectivity index (χ0) is 14.1. The molecular formula is C10H15N5O3S. The molecular weight excluding hydrogens is 270 g/mol. The molecule has 0 radical (unpaired) electrons. The first-order valence-electron chi connectivity index (χ1n) is 5.65. The monoisotopic (exact) mass is 285 g/mol. The van der Waals surface area contributed by atoms with E-state index in [1.54, 1.807) is 6.92 Å². The van der Waals surface area contributed by atoms with Crippen molar-refractivity contribution in [2.75, 3.05) is 16.9 Å². The third kappa shape index (κ3) is 3.18. The predicted octanol–water partition coefficient (Wildman–Crippen LogP) is -0.931. The van der Waals surface area contributed by atoms with Gasteiger partial charge in [0.15, 0.2) is 15.7 Å². The summed E-state index contributed by atoms with van der Waals surface area (Å²) in [5.74, 6) is 5.06. The van der Waals surface area contributed by atoms with E-state index in [0.717, 1.165) is 0 Å². The SMILES string of the molecule is CC1(NC(=O)c2cnc(NN)cn2)CCS(=O)(=O)C1. The van der Waals surface area contributed by atoms with Crippen LogP contribution in [0, 0.1) is 0 Å². The highest BCUT2D eigenvalue weighted by molar-refractivity contribution is 7.91. The molecule has 1 amide bonds. The molecule has 1 aliphatic heterocycles. The van der Waals surface area contributed by atoms with Crippen LogP contribution in [0.4, 0.5) is 5.82 Å². The molecule has 1 saturated heterocycles. The van der Waals surface area contributed by atoms with Crippen molar-refractivity contribution in [2.45, 2.75) is 18.9 Å². The summed E-state index contributed by atoms with van der Waals surface area (Å²) in [6.07, 6.45) is 3.00. The molecule has 1 atom stereocenters. The Kier molecular flexibility index (Phi) is 3.42. The van der Waals surface area contributed by atoms with Crippen LogP contribution in [0.5, 0.6) is 0 Å². The van der Waals surface area contributed by atoms with Crippen molar-refractivity contribution >= 4 is 21.6 Å². The molecule has 2 rings (SSSR count). The van der Waals surface area contributed by atoms with Crippen LogP contribution >= 0.6 is 0 Å². The second kappa shape index (κ2) is 4.74. The Labute approximate surface area is 110 Å². The van der Waals surface area contributed by atoms with Gasteiger partial charge in [0.1, 0.15) is 5.69 Å². The number of hydrogen-bond donors (Lipinski definition) is 3. The second-order valence-corrected chi connectivity index (χ2v) is 6.97. The van der Waals surface area contributed by atoms with Crippen LogP contribution in [-0.4, -0.2) is 41.3 Å².